The summed E-state index contributed by atoms with van der Waals surface area (Å²) in [6.07, 6.45) is 2.93. The van der Waals surface area contributed by atoms with Crippen molar-refractivity contribution in [3.63, 3.8) is 0 Å². The maximum atomic E-state index is 10.2. The summed E-state index contributed by atoms with van der Waals surface area (Å²) in [5.41, 5.74) is 3.12. The van der Waals surface area contributed by atoms with Crippen LogP contribution < -0.4 is 0 Å². The van der Waals surface area contributed by atoms with Crippen LogP contribution in [0.5, 0.6) is 0 Å². The Hall–Kier alpha value is -1.61. The lowest BCUT2D eigenvalue weighted by Gasteiger charge is -2.19. The van der Waals surface area contributed by atoms with Gasteiger partial charge in [-0.05, 0) is 16.5 Å². The van der Waals surface area contributed by atoms with Gasteiger partial charge in [-0.25, -0.2) is 0 Å². The molecule has 0 fully saturated rings. The highest BCUT2D eigenvalue weighted by molar-refractivity contribution is 5.32. The first-order chi connectivity index (χ1) is 8.38. The minimum absolute atomic E-state index is 0.137. The second-order valence-corrected chi connectivity index (χ2v) is 5.72. The molecule has 3 nitrogen and oxygen atoms in total. The summed E-state index contributed by atoms with van der Waals surface area (Å²) in [6, 6.07) is 8.13. The number of rotatable bonds is 2. The van der Waals surface area contributed by atoms with Crippen LogP contribution in [0.1, 0.15) is 43.6 Å². The van der Waals surface area contributed by atoms with Crippen molar-refractivity contribution in [2.45, 2.75) is 32.3 Å². The summed E-state index contributed by atoms with van der Waals surface area (Å²) in [5, 5.41) is 14.3. The number of aliphatic hydroxyl groups is 1. The fourth-order valence-corrected chi connectivity index (χ4v) is 1.94. The lowest BCUT2D eigenvalue weighted by molar-refractivity contribution is 0.220. The molecule has 1 unspecified atom stereocenters. The molecule has 96 valence electrons. The molecule has 0 saturated carbocycles. The Balaban J connectivity index is 2.24. The summed E-state index contributed by atoms with van der Waals surface area (Å²) in [5.74, 6) is 0. The Labute approximate surface area is 108 Å². The van der Waals surface area contributed by atoms with Crippen molar-refractivity contribution in [3.05, 3.63) is 53.3 Å². The minimum Gasteiger partial charge on any atom is -0.384 e. The van der Waals surface area contributed by atoms with E-state index in [0.29, 0.717) is 0 Å². The first kappa shape index (κ1) is 12.8. The van der Waals surface area contributed by atoms with E-state index in [1.807, 2.05) is 25.4 Å². The molecule has 1 aromatic heterocycles. The van der Waals surface area contributed by atoms with Gasteiger partial charge in [0.25, 0.3) is 0 Å². The molecular formula is C15H20N2O. The Morgan fingerprint density at radius 1 is 1.11 bits per heavy atom. The average Bonchev–Trinajstić information content (AvgIpc) is 2.74. The highest BCUT2D eigenvalue weighted by Gasteiger charge is 2.16. The number of aryl methyl sites for hydroxylation is 1. The summed E-state index contributed by atoms with van der Waals surface area (Å²) < 4.78 is 1.70. The van der Waals surface area contributed by atoms with Gasteiger partial charge in [-0.3, -0.25) is 4.68 Å². The normalized spacial score (nSPS) is 13.6. The van der Waals surface area contributed by atoms with Gasteiger partial charge >= 0.3 is 0 Å². The first-order valence-electron chi connectivity index (χ1n) is 6.15. The highest BCUT2D eigenvalue weighted by atomic mass is 16.3. The van der Waals surface area contributed by atoms with Gasteiger partial charge in [-0.1, -0.05) is 45.0 Å². The van der Waals surface area contributed by atoms with Gasteiger partial charge in [-0.15, -0.1) is 0 Å². The Morgan fingerprint density at radius 2 is 1.72 bits per heavy atom. The monoisotopic (exact) mass is 244 g/mol. The third-order valence-electron chi connectivity index (χ3n) is 3.13. The van der Waals surface area contributed by atoms with Crippen LogP contribution in [0.2, 0.25) is 0 Å². The number of aromatic nitrogens is 2. The number of benzene rings is 1. The van der Waals surface area contributed by atoms with Crippen LogP contribution in [0.15, 0.2) is 36.7 Å². The van der Waals surface area contributed by atoms with E-state index in [1.165, 1.54) is 5.56 Å². The fourth-order valence-electron chi connectivity index (χ4n) is 1.94. The molecule has 18 heavy (non-hydrogen) atoms. The predicted molar refractivity (Wildman–Crippen MR) is 72.4 cm³/mol. The van der Waals surface area contributed by atoms with E-state index in [0.717, 1.165) is 11.1 Å². The van der Waals surface area contributed by atoms with Gasteiger partial charge in [0.2, 0.25) is 0 Å². The smallest absolute Gasteiger partial charge is 0.107 e. The van der Waals surface area contributed by atoms with E-state index in [1.54, 1.807) is 10.9 Å². The van der Waals surface area contributed by atoms with Gasteiger partial charge in [0, 0.05) is 18.8 Å². The Bertz CT molecular complexity index is 520. The standard InChI is InChI=1S/C15H20N2O/c1-15(2,3)13-7-5-11(6-8-13)14(18)12-9-16-17(4)10-12/h5-10,14,18H,1-4H3. The molecule has 1 atom stereocenters. The Kier molecular flexibility index (Phi) is 3.26. The number of nitrogens with zero attached hydrogens (tertiary/aromatic N) is 2. The van der Waals surface area contributed by atoms with Gasteiger partial charge in [-0.2, -0.15) is 5.10 Å². The van der Waals surface area contributed by atoms with E-state index >= 15 is 0 Å². The molecule has 0 aliphatic rings. The molecule has 2 aromatic rings. The molecule has 0 bridgehead atoms. The van der Waals surface area contributed by atoms with Crippen LogP contribution in [-0.2, 0) is 12.5 Å². The van der Waals surface area contributed by atoms with Crippen LogP contribution >= 0.6 is 0 Å². The largest absolute Gasteiger partial charge is 0.384 e. The SMILES string of the molecule is Cn1cc(C(O)c2ccc(C(C)(C)C)cc2)cn1. The summed E-state index contributed by atoms with van der Waals surface area (Å²) in [7, 11) is 1.85. The zero-order valence-corrected chi connectivity index (χ0v) is 11.4. The van der Waals surface area contributed by atoms with E-state index in [4.69, 9.17) is 0 Å². The third kappa shape index (κ3) is 2.62. The van der Waals surface area contributed by atoms with Crippen molar-refractivity contribution >= 4 is 0 Å². The second kappa shape index (κ2) is 4.58. The zero-order valence-electron chi connectivity index (χ0n) is 11.4. The van der Waals surface area contributed by atoms with Crippen LogP contribution in [0.25, 0.3) is 0 Å². The van der Waals surface area contributed by atoms with Crippen molar-refractivity contribution in [1.29, 1.82) is 0 Å². The van der Waals surface area contributed by atoms with Crippen molar-refractivity contribution in [2.24, 2.45) is 7.05 Å². The van der Waals surface area contributed by atoms with Crippen LogP contribution in [0.4, 0.5) is 0 Å². The molecule has 0 radical (unpaired) electrons. The van der Waals surface area contributed by atoms with Gasteiger partial charge in [0.1, 0.15) is 6.10 Å². The van der Waals surface area contributed by atoms with Crippen LogP contribution in [0.3, 0.4) is 0 Å². The molecule has 0 amide bonds. The maximum absolute atomic E-state index is 10.2. The van der Waals surface area contributed by atoms with Crippen molar-refractivity contribution in [3.8, 4) is 0 Å². The molecule has 0 aliphatic carbocycles. The van der Waals surface area contributed by atoms with E-state index in [-0.39, 0.29) is 5.41 Å². The molecular weight excluding hydrogens is 224 g/mol. The van der Waals surface area contributed by atoms with Gasteiger partial charge in [0.05, 0.1) is 6.20 Å². The molecule has 0 aliphatic heterocycles. The summed E-state index contributed by atoms with van der Waals surface area (Å²) >= 11 is 0. The minimum atomic E-state index is -0.604. The third-order valence-corrected chi connectivity index (χ3v) is 3.13. The molecule has 1 heterocycles. The van der Waals surface area contributed by atoms with Gasteiger partial charge < -0.3 is 5.11 Å². The summed E-state index contributed by atoms with van der Waals surface area (Å²) in [4.78, 5) is 0. The van der Waals surface area contributed by atoms with Crippen LogP contribution in [-0.4, -0.2) is 14.9 Å². The number of hydrogen-bond donors (Lipinski definition) is 1. The van der Waals surface area contributed by atoms with E-state index in [2.05, 4.69) is 38.0 Å². The second-order valence-electron chi connectivity index (χ2n) is 5.72. The van der Waals surface area contributed by atoms with Crippen LogP contribution in [0, 0.1) is 0 Å². The van der Waals surface area contributed by atoms with E-state index in [9.17, 15) is 5.11 Å². The zero-order chi connectivity index (χ0) is 13.3. The highest BCUT2D eigenvalue weighted by Crippen LogP contribution is 2.26. The van der Waals surface area contributed by atoms with Crippen molar-refractivity contribution in [2.75, 3.05) is 0 Å². The molecule has 1 aromatic carbocycles. The van der Waals surface area contributed by atoms with Crippen molar-refractivity contribution in [1.82, 2.24) is 9.78 Å². The average molecular weight is 244 g/mol. The summed E-state index contributed by atoms with van der Waals surface area (Å²) in [6.45, 7) is 6.54. The lowest BCUT2D eigenvalue weighted by Crippen LogP contribution is -2.11. The van der Waals surface area contributed by atoms with Crippen molar-refractivity contribution < 1.29 is 5.11 Å². The van der Waals surface area contributed by atoms with E-state index < -0.39 is 6.10 Å². The quantitative estimate of drug-likeness (QED) is 0.882. The molecule has 2 rings (SSSR count). The molecule has 3 heteroatoms. The first-order valence-corrected chi connectivity index (χ1v) is 6.15. The Morgan fingerprint density at radius 3 is 2.17 bits per heavy atom. The molecule has 0 spiro atoms. The molecule has 0 saturated heterocycles. The maximum Gasteiger partial charge on any atom is 0.107 e. The number of aliphatic hydroxyl groups excluding tert-OH is 1. The van der Waals surface area contributed by atoms with Gasteiger partial charge in [0.15, 0.2) is 0 Å². The lowest BCUT2D eigenvalue weighted by atomic mass is 9.86. The topological polar surface area (TPSA) is 38.0 Å². The number of hydrogen-bond acceptors (Lipinski definition) is 2. The molecule has 1 N–H and O–H groups in total. The predicted octanol–water partition coefficient (Wildman–Crippen LogP) is 2.80. The fraction of sp³-hybridized carbons (Fsp3) is 0.400.